The van der Waals surface area contributed by atoms with Crippen LogP contribution >= 0.6 is 0 Å². The van der Waals surface area contributed by atoms with E-state index in [1.165, 1.54) is 5.56 Å². The highest BCUT2D eigenvalue weighted by molar-refractivity contribution is 5.92. The summed E-state index contributed by atoms with van der Waals surface area (Å²) in [4.78, 5) is 19.9. The molecule has 20 heavy (non-hydrogen) atoms. The minimum atomic E-state index is -0.194. The number of nitrogens with zero attached hydrogens (tertiary/aromatic N) is 2. The van der Waals surface area contributed by atoms with E-state index in [1.54, 1.807) is 25.5 Å². The summed E-state index contributed by atoms with van der Waals surface area (Å²) in [5, 5.41) is 5.83. The third-order valence-corrected chi connectivity index (χ3v) is 3.05. The van der Waals surface area contributed by atoms with E-state index in [-0.39, 0.29) is 5.91 Å². The minimum Gasteiger partial charge on any atom is -0.379 e. The lowest BCUT2D eigenvalue weighted by atomic mass is 10.1. The molecule has 2 aromatic rings. The van der Waals surface area contributed by atoms with Crippen LogP contribution in [0.4, 0.5) is 5.69 Å². The first-order chi connectivity index (χ1) is 9.74. The summed E-state index contributed by atoms with van der Waals surface area (Å²) in [6.07, 6.45) is 4.36. The highest BCUT2D eigenvalue weighted by Gasteiger charge is 2.06. The van der Waals surface area contributed by atoms with E-state index >= 15 is 0 Å². The Labute approximate surface area is 118 Å². The number of aryl methyl sites for hydroxylation is 1. The van der Waals surface area contributed by atoms with Gasteiger partial charge in [-0.1, -0.05) is 13.0 Å². The Morgan fingerprint density at radius 2 is 2.10 bits per heavy atom. The summed E-state index contributed by atoms with van der Waals surface area (Å²) < 4.78 is 0. The number of pyridine rings is 2. The van der Waals surface area contributed by atoms with E-state index in [1.807, 2.05) is 12.1 Å². The molecular weight excluding hydrogens is 252 g/mol. The fourth-order valence-corrected chi connectivity index (χ4v) is 1.93. The maximum atomic E-state index is 11.5. The molecule has 5 heteroatoms. The monoisotopic (exact) mass is 270 g/mol. The normalized spacial score (nSPS) is 10.1. The van der Waals surface area contributed by atoms with Gasteiger partial charge >= 0.3 is 0 Å². The van der Waals surface area contributed by atoms with Gasteiger partial charge < -0.3 is 10.6 Å². The van der Waals surface area contributed by atoms with Gasteiger partial charge in [-0.05, 0) is 30.2 Å². The Morgan fingerprint density at radius 3 is 2.85 bits per heavy atom. The van der Waals surface area contributed by atoms with Crippen LogP contribution in [0, 0.1) is 0 Å². The van der Waals surface area contributed by atoms with Crippen LogP contribution in [0.2, 0.25) is 0 Å². The quantitative estimate of drug-likeness (QED) is 0.872. The molecule has 0 fully saturated rings. The Bertz CT molecular complexity index is 598. The van der Waals surface area contributed by atoms with Crippen molar-refractivity contribution in [2.24, 2.45) is 0 Å². The topological polar surface area (TPSA) is 66.9 Å². The third-order valence-electron chi connectivity index (χ3n) is 3.05. The van der Waals surface area contributed by atoms with E-state index in [2.05, 4.69) is 33.6 Å². The van der Waals surface area contributed by atoms with Gasteiger partial charge in [-0.3, -0.25) is 14.8 Å². The molecular formula is C15H18N4O. The van der Waals surface area contributed by atoms with Gasteiger partial charge in [0.05, 0.1) is 12.2 Å². The zero-order chi connectivity index (χ0) is 14.4. The van der Waals surface area contributed by atoms with Crippen molar-refractivity contribution in [1.82, 2.24) is 15.3 Å². The average molecular weight is 270 g/mol. The van der Waals surface area contributed by atoms with Gasteiger partial charge in [0.25, 0.3) is 5.91 Å². The number of carbonyl (C=O) groups is 1. The van der Waals surface area contributed by atoms with Crippen molar-refractivity contribution in [2.45, 2.75) is 19.9 Å². The van der Waals surface area contributed by atoms with E-state index in [4.69, 9.17) is 0 Å². The van der Waals surface area contributed by atoms with Crippen LogP contribution in [-0.4, -0.2) is 22.9 Å². The van der Waals surface area contributed by atoms with Gasteiger partial charge in [-0.2, -0.15) is 0 Å². The van der Waals surface area contributed by atoms with E-state index in [0.29, 0.717) is 12.2 Å². The molecule has 0 aromatic carbocycles. The second-order valence-electron chi connectivity index (χ2n) is 4.33. The zero-order valence-corrected chi connectivity index (χ0v) is 11.7. The van der Waals surface area contributed by atoms with E-state index < -0.39 is 0 Å². The number of anilines is 1. The summed E-state index contributed by atoms with van der Waals surface area (Å²) >= 11 is 0. The summed E-state index contributed by atoms with van der Waals surface area (Å²) in [7, 11) is 1.59. The largest absolute Gasteiger partial charge is 0.379 e. The molecule has 2 rings (SSSR count). The second kappa shape index (κ2) is 6.65. The molecule has 2 aromatic heterocycles. The van der Waals surface area contributed by atoms with Crippen LogP contribution in [-0.2, 0) is 13.0 Å². The molecule has 2 N–H and O–H groups in total. The van der Waals surface area contributed by atoms with Crippen LogP contribution in [0.5, 0.6) is 0 Å². The predicted octanol–water partition coefficient (Wildman–Crippen LogP) is 2.01. The molecule has 0 spiro atoms. The van der Waals surface area contributed by atoms with Gasteiger partial charge in [0.2, 0.25) is 0 Å². The summed E-state index contributed by atoms with van der Waals surface area (Å²) in [5.74, 6) is -0.194. The predicted molar refractivity (Wildman–Crippen MR) is 78.6 cm³/mol. The van der Waals surface area contributed by atoms with Crippen LogP contribution in [0.1, 0.15) is 28.7 Å². The fraction of sp³-hybridized carbons (Fsp3) is 0.267. The number of nitrogens with one attached hydrogen (secondary N) is 2. The number of rotatable bonds is 5. The molecule has 0 atom stereocenters. The molecule has 5 nitrogen and oxygen atoms in total. The standard InChI is InChI=1S/C15H18N4O/c1-3-11-5-4-7-17-14(11)10-19-12-6-8-18-13(9-12)15(20)16-2/h4-9H,3,10H2,1-2H3,(H,16,20)(H,18,19). The van der Waals surface area contributed by atoms with Gasteiger partial charge in [0.1, 0.15) is 5.69 Å². The Balaban J connectivity index is 2.09. The Kier molecular flexibility index (Phi) is 4.65. The molecule has 2 heterocycles. The van der Waals surface area contributed by atoms with Crippen LogP contribution < -0.4 is 10.6 Å². The van der Waals surface area contributed by atoms with E-state index in [9.17, 15) is 4.79 Å². The van der Waals surface area contributed by atoms with Crippen LogP contribution in [0.25, 0.3) is 0 Å². The lowest BCUT2D eigenvalue weighted by molar-refractivity contribution is 0.0958. The minimum absolute atomic E-state index is 0.194. The SMILES string of the molecule is CCc1cccnc1CNc1ccnc(C(=O)NC)c1. The fourth-order valence-electron chi connectivity index (χ4n) is 1.93. The lowest BCUT2D eigenvalue weighted by Crippen LogP contribution is -2.19. The molecule has 0 saturated carbocycles. The first-order valence-corrected chi connectivity index (χ1v) is 6.59. The average Bonchev–Trinajstić information content (AvgIpc) is 2.52. The van der Waals surface area contributed by atoms with Crippen molar-refractivity contribution in [2.75, 3.05) is 12.4 Å². The molecule has 0 saturated heterocycles. The molecule has 0 unspecified atom stereocenters. The summed E-state index contributed by atoms with van der Waals surface area (Å²) in [6, 6.07) is 7.58. The molecule has 0 aliphatic heterocycles. The number of hydrogen-bond acceptors (Lipinski definition) is 4. The lowest BCUT2D eigenvalue weighted by Gasteiger charge is -2.09. The first-order valence-electron chi connectivity index (χ1n) is 6.59. The number of aromatic nitrogens is 2. The molecule has 0 aliphatic rings. The Morgan fingerprint density at radius 1 is 1.25 bits per heavy atom. The first kappa shape index (κ1) is 14.0. The van der Waals surface area contributed by atoms with Crippen molar-refractivity contribution < 1.29 is 4.79 Å². The van der Waals surface area contributed by atoms with Crippen LogP contribution in [0.15, 0.2) is 36.7 Å². The van der Waals surface area contributed by atoms with Gasteiger partial charge in [-0.25, -0.2) is 0 Å². The smallest absolute Gasteiger partial charge is 0.269 e. The van der Waals surface area contributed by atoms with Crippen molar-refractivity contribution in [3.63, 3.8) is 0 Å². The van der Waals surface area contributed by atoms with Crippen molar-refractivity contribution in [3.8, 4) is 0 Å². The highest BCUT2D eigenvalue weighted by atomic mass is 16.1. The maximum Gasteiger partial charge on any atom is 0.269 e. The van der Waals surface area contributed by atoms with Gasteiger partial charge in [0.15, 0.2) is 0 Å². The number of carbonyl (C=O) groups excluding carboxylic acids is 1. The molecule has 0 bridgehead atoms. The second-order valence-corrected chi connectivity index (χ2v) is 4.33. The zero-order valence-electron chi connectivity index (χ0n) is 11.7. The third kappa shape index (κ3) is 3.32. The Hall–Kier alpha value is -2.43. The summed E-state index contributed by atoms with van der Waals surface area (Å²) in [5.41, 5.74) is 3.49. The molecule has 104 valence electrons. The number of amides is 1. The van der Waals surface area contributed by atoms with Crippen molar-refractivity contribution >= 4 is 11.6 Å². The van der Waals surface area contributed by atoms with Gasteiger partial charge in [-0.15, -0.1) is 0 Å². The van der Waals surface area contributed by atoms with Crippen molar-refractivity contribution in [1.29, 1.82) is 0 Å². The molecule has 0 aliphatic carbocycles. The highest BCUT2D eigenvalue weighted by Crippen LogP contribution is 2.12. The number of hydrogen-bond donors (Lipinski definition) is 2. The summed E-state index contributed by atoms with van der Waals surface area (Å²) in [6.45, 7) is 2.73. The van der Waals surface area contributed by atoms with Crippen LogP contribution in [0.3, 0.4) is 0 Å². The van der Waals surface area contributed by atoms with Crippen molar-refractivity contribution in [3.05, 3.63) is 53.6 Å². The molecule has 1 amide bonds. The van der Waals surface area contributed by atoms with Gasteiger partial charge in [0, 0.05) is 25.1 Å². The van der Waals surface area contributed by atoms with E-state index in [0.717, 1.165) is 17.8 Å². The molecule has 0 radical (unpaired) electrons. The maximum absolute atomic E-state index is 11.5.